The minimum Gasteiger partial charge on any atom is -0.506 e. The van der Waals surface area contributed by atoms with E-state index in [1.807, 2.05) is 0 Å². The van der Waals surface area contributed by atoms with Gasteiger partial charge in [-0.3, -0.25) is 0 Å². The third-order valence-corrected chi connectivity index (χ3v) is 1.85. The summed E-state index contributed by atoms with van der Waals surface area (Å²) in [4.78, 5) is 0. The highest BCUT2D eigenvalue weighted by Crippen LogP contribution is 2.22. The molecule has 0 aliphatic carbocycles. The number of benzene rings is 1. The molecule has 0 saturated heterocycles. The first-order valence-electron chi connectivity index (χ1n) is 3.97. The molecular weight excluding hydrogens is 185 g/mol. The first-order valence-corrected chi connectivity index (χ1v) is 3.97. The number of phenolic OH excluding ortho intramolecular Hbond substituents is 1. The molecule has 0 amide bonds. The van der Waals surface area contributed by atoms with Crippen molar-refractivity contribution in [1.82, 2.24) is 9.78 Å². The van der Waals surface area contributed by atoms with Crippen molar-refractivity contribution in [2.45, 2.75) is 0 Å². The van der Waals surface area contributed by atoms with Crippen molar-refractivity contribution in [3.8, 4) is 11.4 Å². The summed E-state index contributed by atoms with van der Waals surface area (Å²) in [6.45, 7) is 0. The highest BCUT2D eigenvalue weighted by atomic mass is 19.1. The molecule has 0 aliphatic heterocycles. The van der Waals surface area contributed by atoms with Crippen LogP contribution in [0.2, 0.25) is 0 Å². The summed E-state index contributed by atoms with van der Waals surface area (Å²) in [6, 6.07) is 6.31. The minimum absolute atomic E-state index is 0.0468. The van der Waals surface area contributed by atoms with Crippen molar-refractivity contribution < 1.29 is 9.50 Å². The molecule has 1 aromatic heterocycles. The van der Waals surface area contributed by atoms with Crippen LogP contribution in [0.5, 0.6) is 5.75 Å². The number of para-hydroxylation sites is 2. The maximum Gasteiger partial charge on any atom is 0.239 e. The third kappa shape index (κ3) is 1.19. The van der Waals surface area contributed by atoms with Gasteiger partial charge in [-0.1, -0.05) is 12.1 Å². The summed E-state index contributed by atoms with van der Waals surface area (Å²) >= 11 is 0. The van der Waals surface area contributed by atoms with Crippen LogP contribution < -0.4 is 5.73 Å². The Labute approximate surface area is 79.4 Å². The van der Waals surface area contributed by atoms with E-state index in [4.69, 9.17) is 5.73 Å². The van der Waals surface area contributed by atoms with Gasteiger partial charge in [0, 0.05) is 0 Å². The topological polar surface area (TPSA) is 64.1 Å². The van der Waals surface area contributed by atoms with Gasteiger partial charge in [0.2, 0.25) is 5.95 Å². The molecule has 3 N–H and O–H groups in total. The molecule has 4 nitrogen and oxygen atoms in total. The third-order valence-electron chi connectivity index (χ3n) is 1.85. The Bertz CT molecular complexity index is 467. The molecule has 0 fully saturated rings. The van der Waals surface area contributed by atoms with Gasteiger partial charge in [-0.15, -0.1) is 0 Å². The molecule has 1 aromatic carbocycles. The molecule has 1 heterocycles. The first kappa shape index (κ1) is 8.55. The average molecular weight is 193 g/mol. The molecule has 2 rings (SSSR count). The van der Waals surface area contributed by atoms with Crippen LogP contribution in [0.4, 0.5) is 10.1 Å². The fraction of sp³-hybridized carbons (Fsp3) is 0. The number of nitrogens with two attached hydrogens (primary N) is 1. The smallest absolute Gasteiger partial charge is 0.239 e. The van der Waals surface area contributed by atoms with Crippen LogP contribution in [0.15, 0.2) is 30.5 Å². The second-order valence-electron chi connectivity index (χ2n) is 2.79. The van der Waals surface area contributed by atoms with E-state index in [0.29, 0.717) is 0 Å². The van der Waals surface area contributed by atoms with Crippen LogP contribution in [-0.2, 0) is 0 Å². The van der Waals surface area contributed by atoms with E-state index in [1.54, 1.807) is 18.2 Å². The zero-order chi connectivity index (χ0) is 10.1. The van der Waals surface area contributed by atoms with Gasteiger partial charge in [0.25, 0.3) is 0 Å². The molecular formula is C9H8FN3O. The Morgan fingerprint density at radius 1 is 1.36 bits per heavy atom. The summed E-state index contributed by atoms with van der Waals surface area (Å²) < 4.78 is 14.2. The number of phenols is 1. The Morgan fingerprint density at radius 2 is 2.07 bits per heavy atom. The number of nitrogens with zero attached hydrogens (tertiary/aromatic N) is 2. The summed E-state index contributed by atoms with van der Waals surface area (Å²) in [6.07, 6.45) is 1.20. The summed E-state index contributed by atoms with van der Waals surface area (Å²) in [7, 11) is 0. The largest absolute Gasteiger partial charge is 0.506 e. The number of halogens is 1. The Morgan fingerprint density at radius 3 is 2.64 bits per heavy atom. The lowest BCUT2D eigenvalue weighted by Gasteiger charge is -2.03. The zero-order valence-corrected chi connectivity index (χ0v) is 7.18. The number of hydrogen-bond donors (Lipinski definition) is 2. The van der Waals surface area contributed by atoms with E-state index < -0.39 is 5.95 Å². The maximum absolute atomic E-state index is 13.3. The lowest BCUT2D eigenvalue weighted by molar-refractivity contribution is 0.461. The molecule has 2 aromatic rings. The van der Waals surface area contributed by atoms with Gasteiger partial charge in [0.05, 0.1) is 6.20 Å². The molecule has 5 heteroatoms. The van der Waals surface area contributed by atoms with E-state index in [-0.39, 0.29) is 17.1 Å². The normalized spacial score (nSPS) is 10.4. The van der Waals surface area contributed by atoms with Gasteiger partial charge in [-0.05, 0) is 12.1 Å². The van der Waals surface area contributed by atoms with E-state index in [0.717, 1.165) is 4.68 Å². The highest BCUT2D eigenvalue weighted by Gasteiger charge is 2.11. The minimum atomic E-state index is -0.675. The van der Waals surface area contributed by atoms with Crippen molar-refractivity contribution >= 4 is 5.69 Å². The van der Waals surface area contributed by atoms with E-state index >= 15 is 0 Å². The molecule has 0 aliphatic rings. The Hall–Kier alpha value is -2.04. The van der Waals surface area contributed by atoms with E-state index in [9.17, 15) is 9.50 Å². The van der Waals surface area contributed by atoms with Crippen molar-refractivity contribution in [2.75, 3.05) is 5.73 Å². The fourth-order valence-corrected chi connectivity index (χ4v) is 1.16. The second kappa shape index (κ2) is 3.02. The zero-order valence-electron chi connectivity index (χ0n) is 7.18. The molecule has 72 valence electrons. The molecule has 0 spiro atoms. The summed E-state index contributed by atoms with van der Waals surface area (Å²) in [5.41, 5.74) is 5.51. The number of aromatic nitrogens is 2. The lowest BCUT2D eigenvalue weighted by atomic mass is 10.3. The van der Waals surface area contributed by atoms with E-state index in [2.05, 4.69) is 5.10 Å². The van der Waals surface area contributed by atoms with Gasteiger partial charge in [-0.2, -0.15) is 9.49 Å². The SMILES string of the molecule is Nc1cnn(-c2ccccc2O)c1F. The fourth-order valence-electron chi connectivity index (χ4n) is 1.16. The van der Waals surface area contributed by atoms with Crippen molar-refractivity contribution in [1.29, 1.82) is 0 Å². The monoisotopic (exact) mass is 193 g/mol. The quantitative estimate of drug-likeness (QED) is 0.717. The van der Waals surface area contributed by atoms with Gasteiger partial charge >= 0.3 is 0 Å². The number of anilines is 1. The highest BCUT2D eigenvalue weighted by molar-refractivity contribution is 5.47. The van der Waals surface area contributed by atoms with Gasteiger partial charge < -0.3 is 10.8 Å². The van der Waals surface area contributed by atoms with Gasteiger partial charge in [0.15, 0.2) is 0 Å². The van der Waals surface area contributed by atoms with E-state index in [1.165, 1.54) is 12.3 Å². The Balaban J connectivity index is 2.60. The molecule has 0 radical (unpaired) electrons. The average Bonchev–Trinajstić information content (AvgIpc) is 2.49. The number of hydrogen-bond acceptors (Lipinski definition) is 3. The molecule has 0 atom stereocenters. The van der Waals surface area contributed by atoms with Crippen molar-refractivity contribution in [3.05, 3.63) is 36.4 Å². The predicted molar refractivity (Wildman–Crippen MR) is 49.6 cm³/mol. The molecule has 0 unspecified atom stereocenters. The van der Waals surface area contributed by atoms with Crippen LogP contribution in [0.3, 0.4) is 0 Å². The number of aromatic hydroxyl groups is 1. The molecule has 0 bridgehead atoms. The lowest BCUT2D eigenvalue weighted by Crippen LogP contribution is -2.00. The van der Waals surface area contributed by atoms with Crippen LogP contribution in [0.1, 0.15) is 0 Å². The summed E-state index contributed by atoms with van der Waals surface area (Å²) in [5, 5.41) is 13.1. The standard InChI is InChI=1S/C9H8FN3O/c10-9-6(11)5-12-13(9)7-3-1-2-4-8(7)14/h1-5,14H,11H2. The van der Waals surface area contributed by atoms with Crippen molar-refractivity contribution in [2.24, 2.45) is 0 Å². The van der Waals surface area contributed by atoms with Crippen LogP contribution >= 0.6 is 0 Å². The number of rotatable bonds is 1. The Kier molecular flexibility index (Phi) is 1.85. The van der Waals surface area contributed by atoms with Crippen LogP contribution in [-0.4, -0.2) is 14.9 Å². The van der Waals surface area contributed by atoms with Gasteiger partial charge in [0.1, 0.15) is 17.1 Å². The van der Waals surface area contributed by atoms with Crippen LogP contribution in [0, 0.1) is 5.95 Å². The van der Waals surface area contributed by atoms with Crippen molar-refractivity contribution in [3.63, 3.8) is 0 Å². The predicted octanol–water partition coefficient (Wildman–Crippen LogP) is 1.30. The molecule has 14 heavy (non-hydrogen) atoms. The number of nitrogen functional groups attached to an aromatic ring is 1. The maximum atomic E-state index is 13.3. The van der Waals surface area contributed by atoms with Crippen LogP contribution in [0.25, 0.3) is 5.69 Å². The molecule has 0 saturated carbocycles. The summed E-state index contributed by atoms with van der Waals surface area (Å²) in [5.74, 6) is -0.721. The van der Waals surface area contributed by atoms with Gasteiger partial charge in [-0.25, -0.2) is 4.68 Å². The second-order valence-corrected chi connectivity index (χ2v) is 2.79. The first-order chi connectivity index (χ1) is 6.70.